The molecule has 0 bridgehead atoms. The number of para-hydroxylation sites is 1. The van der Waals surface area contributed by atoms with Gasteiger partial charge < -0.3 is 5.73 Å². The van der Waals surface area contributed by atoms with Gasteiger partial charge in [0.2, 0.25) is 0 Å². The quantitative estimate of drug-likeness (QED) is 0.662. The SMILES string of the molecule is CCCN(C(=N)N)C(=O)N(C)c1c(Cl)cccc1CC. The Hall–Kier alpha value is -1.75. The molecule has 0 aromatic heterocycles. The number of hydrogen-bond donors (Lipinski definition) is 2. The van der Waals surface area contributed by atoms with E-state index in [0.29, 0.717) is 17.3 Å². The highest BCUT2D eigenvalue weighted by Gasteiger charge is 2.23. The fourth-order valence-corrected chi connectivity index (χ4v) is 2.36. The third-order valence-corrected chi connectivity index (χ3v) is 3.35. The van der Waals surface area contributed by atoms with Crippen LogP contribution >= 0.6 is 11.6 Å². The third-order valence-electron chi connectivity index (χ3n) is 3.04. The highest BCUT2D eigenvalue weighted by molar-refractivity contribution is 6.34. The van der Waals surface area contributed by atoms with Crippen LogP contribution in [0.15, 0.2) is 18.2 Å². The van der Waals surface area contributed by atoms with Crippen molar-refractivity contribution in [3.8, 4) is 0 Å². The van der Waals surface area contributed by atoms with Gasteiger partial charge in [0.1, 0.15) is 0 Å². The molecule has 3 N–H and O–H groups in total. The number of nitrogens with zero attached hydrogens (tertiary/aromatic N) is 2. The van der Waals surface area contributed by atoms with E-state index in [-0.39, 0.29) is 12.0 Å². The molecule has 0 aliphatic carbocycles. The second kappa shape index (κ2) is 7.14. The molecule has 1 aromatic rings. The van der Waals surface area contributed by atoms with Crippen LogP contribution in [0.2, 0.25) is 5.02 Å². The van der Waals surface area contributed by atoms with Crippen LogP contribution in [0.5, 0.6) is 0 Å². The fraction of sp³-hybridized carbons (Fsp3) is 0.429. The number of carbonyl (C=O) groups excluding carboxylic acids is 1. The number of anilines is 1. The molecule has 0 atom stereocenters. The minimum absolute atomic E-state index is 0.256. The lowest BCUT2D eigenvalue weighted by Crippen LogP contribution is -2.48. The van der Waals surface area contributed by atoms with E-state index in [1.807, 2.05) is 26.0 Å². The number of carbonyl (C=O) groups is 1. The van der Waals surface area contributed by atoms with Gasteiger partial charge in [-0.2, -0.15) is 0 Å². The molecule has 2 amide bonds. The summed E-state index contributed by atoms with van der Waals surface area (Å²) in [5.41, 5.74) is 7.13. The van der Waals surface area contributed by atoms with E-state index in [0.717, 1.165) is 18.4 Å². The van der Waals surface area contributed by atoms with E-state index >= 15 is 0 Å². The molecule has 0 radical (unpaired) electrons. The molecule has 20 heavy (non-hydrogen) atoms. The van der Waals surface area contributed by atoms with Gasteiger partial charge in [0.25, 0.3) is 0 Å². The van der Waals surface area contributed by atoms with Crippen LogP contribution in [0, 0.1) is 5.41 Å². The third kappa shape index (κ3) is 3.42. The van der Waals surface area contributed by atoms with Crippen molar-refractivity contribution < 1.29 is 4.79 Å². The minimum Gasteiger partial charge on any atom is -0.370 e. The smallest absolute Gasteiger partial charge is 0.331 e. The van der Waals surface area contributed by atoms with Crippen LogP contribution < -0.4 is 10.6 Å². The molecule has 0 fully saturated rings. The predicted molar refractivity (Wildman–Crippen MR) is 83.5 cm³/mol. The number of aryl methyl sites for hydroxylation is 1. The highest BCUT2D eigenvalue weighted by Crippen LogP contribution is 2.30. The van der Waals surface area contributed by atoms with Gasteiger partial charge in [-0.05, 0) is 24.5 Å². The molecule has 6 heteroatoms. The minimum atomic E-state index is -0.345. The van der Waals surface area contributed by atoms with Gasteiger partial charge in [0.05, 0.1) is 10.7 Å². The lowest BCUT2D eigenvalue weighted by molar-refractivity contribution is 0.227. The molecule has 0 unspecified atom stereocenters. The van der Waals surface area contributed by atoms with Crippen molar-refractivity contribution in [1.82, 2.24) is 4.90 Å². The lowest BCUT2D eigenvalue weighted by Gasteiger charge is -2.28. The molecule has 0 saturated carbocycles. The first kappa shape index (κ1) is 16.3. The Balaban J connectivity index is 3.13. The Morgan fingerprint density at radius 3 is 2.55 bits per heavy atom. The number of hydrogen-bond acceptors (Lipinski definition) is 2. The first-order chi connectivity index (χ1) is 9.43. The second-order valence-electron chi connectivity index (χ2n) is 4.48. The van der Waals surface area contributed by atoms with Gasteiger partial charge in [-0.3, -0.25) is 15.2 Å². The number of nitrogens with one attached hydrogen (secondary N) is 1. The molecule has 0 saturated heterocycles. The zero-order chi connectivity index (χ0) is 15.3. The Labute approximate surface area is 124 Å². The van der Waals surface area contributed by atoms with Crippen LogP contribution in [0.4, 0.5) is 10.5 Å². The highest BCUT2D eigenvalue weighted by atomic mass is 35.5. The summed E-state index contributed by atoms with van der Waals surface area (Å²) in [5, 5.41) is 8.03. The van der Waals surface area contributed by atoms with Gasteiger partial charge >= 0.3 is 6.03 Å². The fourth-order valence-electron chi connectivity index (χ4n) is 2.04. The standard InChI is InChI=1S/C14H21ClN4O/c1-4-9-19(13(16)17)14(20)18(3)12-10(5-2)7-6-8-11(12)15/h6-8H,4-5,9H2,1-3H3,(H3,16,17). The maximum Gasteiger partial charge on any atom is 0.331 e. The maximum absolute atomic E-state index is 12.5. The van der Waals surface area contributed by atoms with Crippen molar-refractivity contribution in [2.24, 2.45) is 5.73 Å². The van der Waals surface area contributed by atoms with Crippen LogP contribution in [-0.2, 0) is 6.42 Å². The van der Waals surface area contributed by atoms with Crippen molar-refractivity contribution in [2.45, 2.75) is 26.7 Å². The average Bonchev–Trinajstić information content (AvgIpc) is 2.42. The Morgan fingerprint density at radius 2 is 2.05 bits per heavy atom. The van der Waals surface area contributed by atoms with Crippen LogP contribution in [0.25, 0.3) is 0 Å². The van der Waals surface area contributed by atoms with Crippen LogP contribution in [0.1, 0.15) is 25.8 Å². The van der Waals surface area contributed by atoms with Crippen LogP contribution in [0.3, 0.4) is 0 Å². The molecule has 0 spiro atoms. The van der Waals surface area contributed by atoms with E-state index in [1.54, 1.807) is 13.1 Å². The predicted octanol–water partition coefficient (Wildman–Crippen LogP) is 3.06. The molecule has 1 rings (SSSR count). The summed E-state index contributed by atoms with van der Waals surface area (Å²) < 4.78 is 0. The van der Waals surface area contributed by atoms with Gasteiger partial charge in [-0.25, -0.2) is 4.79 Å². The number of halogens is 1. The molecular weight excluding hydrogens is 276 g/mol. The van der Waals surface area contributed by atoms with Gasteiger partial charge in [-0.15, -0.1) is 0 Å². The molecule has 0 aliphatic heterocycles. The first-order valence-corrected chi connectivity index (χ1v) is 6.98. The zero-order valence-corrected chi connectivity index (χ0v) is 12.9. The van der Waals surface area contributed by atoms with Crippen molar-refractivity contribution >= 4 is 29.3 Å². The zero-order valence-electron chi connectivity index (χ0n) is 12.1. The van der Waals surface area contributed by atoms with E-state index in [2.05, 4.69) is 0 Å². The summed E-state index contributed by atoms with van der Waals surface area (Å²) in [5.74, 6) is -0.256. The largest absolute Gasteiger partial charge is 0.370 e. The Bertz CT molecular complexity index is 504. The topological polar surface area (TPSA) is 73.4 Å². The number of benzene rings is 1. The molecule has 5 nitrogen and oxygen atoms in total. The Kier molecular flexibility index (Phi) is 5.82. The number of urea groups is 1. The maximum atomic E-state index is 12.5. The molecule has 110 valence electrons. The normalized spacial score (nSPS) is 10.2. The van der Waals surface area contributed by atoms with E-state index in [1.165, 1.54) is 9.80 Å². The summed E-state index contributed by atoms with van der Waals surface area (Å²) in [6, 6.07) is 5.19. The first-order valence-electron chi connectivity index (χ1n) is 6.60. The van der Waals surface area contributed by atoms with E-state index in [4.69, 9.17) is 22.7 Å². The summed E-state index contributed by atoms with van der Waals surface area (Å²) in [6.07, 6.45) is 1.49. The van der Waals surface area contributed by atoms with Crippen molar-refractivity contribution in [3.05, 3.63) is 28.8 Å². The lowest BCUT2D eigenvalue weighted by atomic mass is 10.1. The number of guanidine groups is 1. The van der Waals surface area contributed by atoms with E-state index in [9.17, 15) is 4.79 Å². The van der Waals surface area contributed by atoms with Gasteiger partial charge in [0, 0.05) is 13.6 Å². The van der Waals surface area contributed by atoms with Gasteiger partial charge in [-0.1, -0.05) is 37.6 Å². The van der Waals surface area contributed by atoms with Crippen LogP contribution in [-0.4, -0.2) is 30.5 Å². The van der Waals surface area contributed by atoms with Gasteiger partial charge in [0.15, 0.2) is 5.96 Å². The molecular formula is C14H21ClN4O. The van der Waals surface area contributed by atoms with E-state index < -0.39 is 0 Å². The number of nitrogens with two attached hydrogens (primary N) is 1. The summed E-state index contributed by atoms with van der Waals surface area (Å²) in [4.78, 5) is 15.2. The van der Waals surface area contributed by atoms with Crippen molar-refractivity contribution in [2.75, 3.05) is 18.5 Å². The Morgan fingerprint density at radius 1 is 1.40 bits per heavy atom. The molecule has 1 aromatic carbocycles. The molecule has 0 aliphatic rings. The average molecular weight is 297 g/mol. The monoisotopic (exact) mass is 296 g/mol. The number of amides is 2. The number of rotatable bonds is 4. The molecule has 0 heterocycles. The van der Waals surface area contributed by atoms with Crippen molar-refractivity contribution in [1.29, 1.82) is 5.41 Å². The van der Waals surface area contributed by atoms with Crippen molar-refractivity contribution in [3.63, 3.8) is 0 Å². The second-order valence-corrected chi connectivity index (χ2v) is 4.89. The summed E-state index contributed by atoms with van der Waals surface area (Å²) in [6.45, 7) is 4.34. The summed E-state index contributed by atoms with van der Waals surface area (Å²) in [7, 11) is 1.65. The summed E-state index contributed by atoms with van der Waals surface area (Å²) >= 11 is 6.21.